The van der Waals surface area contributed by atoms with Gasteiger partial charge in [-0.15, -0.1) is 0 Å². The maximum atomic E-state index is 11.7. The van der Waals surface area contributed by atoms with E-state index in [1.54, 1.807) is 0 Å². The Kier molecular flexibility index (Phi) is 2.40. The van der Waals surface area contributed by atoms with Crippen molar-refractivity contribution in [1.82, 2.24) is 0 Å². The molecule has 0 atom stereocenters. The van der Waals surface area contributed by atoms with Crippen LogP contribution in [-0.4, -0.2) is 17.0 Å². The van der Waals surface area contributed by atoms with Crippen LogP contribution in [0.15, 0.2) is 18.2 Å². The first-order valence-electron chi connectivity index (χ1n) is 6.29. The quantitative estimate of drug-likeness (QED) is 0.838. The summed E-state index contributed by atoms with van der Waals surface area (Å²) < 4.78 is 0. The van der Waals surface area contributed by atoms with Gasteiger partial charge in [0.15, 0.2) is 0 Å². The Bertz CT molecular complexity index is 530. The number of amides is 1. The summed E-state index contributed by atoms with van der Waals surface area (Å²) in [6, 6.07) is 5.55. The molecule has 4 heteroatoms. The van der Waals surface area contributed by atoms with Crippen LogP contribution in [0.5, 0.6) is 0 Å². The maximum Gasteiger partial charge on any atom is 0.314 e. The molecule has 0 aromatic heterocycles. The average Bonchev–Trinajstić information content (AvgIpc) is 2.93. The van der Waals surface area contributed by atoms with Gasteiger partial charge in [-0.05, 0) is 30.0 Å². The van der Waals surface area contributed by atoms with E-state index in [-0.39, 0.29) is 5.91 Å². The molecule has 18 heavy (non-hydrogen) atoms. The standard InChI is InChI=1S/C14H15NO3/c16-12-8-9-10(4-3-5-11(9)15-12)14(13(17)18)6-1-2-7-14/h3-5H,1-2,6-8H2,(H,15,16)(H,17,18). The highest BCUT2D eigenvalue weighted by atomic mass is 16.4. The minimum absolute atomic E-state index is 0.0454. The SMILES string of the molecule is O=C1Cc2c(cccc2C2(C(=O)O)CCCC2)N1. The molecule has 0 unspecified atom stereocenters. The van der Waals surface area contributed by atoms with E-state index < -0.39 is 11.4 Å². The summed E-state index contributed by atoms with van der Waals surface area (Å²) in [6.07, 6.45) is 3.54. The number of nitrogens with one attached hydrogen (secondary N) is 1. The molecule has 1 amide bonds. The molecule has 0 saturated heterocycles. The third kappa shape index (κ3) is 1.45. The highest BCUT2D eigenvalue weighted by Gasteiger charge is 2.45. The molecule has 0 radical (unpaired) electrons. The highest BCUT2D eigenvalue weighted by Crippen LogP contribution is 2.45. The lowest BCUT2D eigenvalue weighted by Gasteiger charge is -2.26. The van der Waals surface area contributed by atoms with E-state index in [4.69, 9.17) is 0 Å². The van der Waals surface area contributed by atoms with Crippen LogP contribution in [0.1, 0.15) is 36.8 Å². The lowest BCUT2D eigenvalue weighted by molar-refractivity contribution is -0.143. The second-order valence-electron chi connectivity index (χ2n) is 5.15. The Morgan fingerprint density at radius 1 is 1.28 bits per heavy atom. The van der Waals surface area contributed by atoms with Gasteiger partial charge in [-0.25, -0.2) is 0 Å². The Morgan fingerprint density at radius 3 is 2.67 bits per heavy atom. The van der Waals surface area contributed by atoms with Gasteiger partial charge in [0.2, 0.25) is 5.91 Å². The number of rotatable bonds is 2. The molecular formula is C14H15NO3. The summed E-state index contributed by atoms with van der Waals surface area (Å²) >= 11 is 0. The molecule has 1 heterocycles. The first-order valence-corrected chi connectivity index (χ1v) is 6.29. The molecule has 2 N–H and O–H groups in total. The number of hydrogen-bond acceptors (Lipinski definition) is 2. The minimum atomic E-state index is -0.780. The monoisotopic (exact) mass is 245 g/mol. The number of aliphatic carboxylic acids is 1. The van der Waals surface area contributed by atoms with Crippen molar-refractivity contribution < 1.29 is 14.7 Å². The van der Waals surface area contributed by atoms with E-state index in [1.165, 1.54) is 0 Å². The zero-order valence-electron chi connectivity index (χ0n) is 10.0. The van der Waals surface area contributed by atoms with Crippen molar-refractivity contribution in [2.75, 3.05) is 5.32 Å². The third-order valence-electron chi connectivity index (χ3n) is 4.17. The van der Waals surface area contributed by atoms with Crippen LogP contribution in [-0.2, 0) is 21.4 Å². The zero-order chi connectivity index (χ0) is 12.8. The molecule has 0 bridgehead atoms. The lowest BCUT2D eigenvalue weighted by Crippen LogP contribution is -2.33. The smallest absolute Gasteiger partial charge is 0.314 e. The van der Waals surface area contributed by atoms with Crippen molar-refractivity contribution in [3.8, 4) is 0 Å². The van der Waals surface area contributed by atoms with Crippen molar-refractivity contribution in [2.45, 2.75) is 37.5 Å². The van der Waals surface area contributed by atoms with Crippen LogP contribution >= 0.6 is 0 Å². The van der Waals surface area contributed by atoms with Crippen LogP contribution in [0.2, 0.25) is 0 Å². The van der Waals surface area contributed by atoms with Gasteiger partial charge in [0.1, 0.15) is 0 Å². The fraction of sp³-hybridized carbons (Fsp3) is 0.429. The highest BCUT2D eigenvalue weighted by molar-refractivity contribution is 6.00. The van der Waals surface area contributed by atoms with Crippen molar-refractivity contribution in [1.29, 1.82) is 0 Å². The van der Waals surface area contributed by atoms with Gasteiger partial charge in [0, 0.05) is 5.69 Å². The Balaban J connectivity index is 2.15. The Labute approximate surface area is 105 Å². The van der Waals surface area contributed by atoms with E-state index >= 15 is 0 Å². The van der Waals surface area contributed by atoms with E-state index in [2.05, 4.69) is 5.32 Å². The van der Waals surface area contributed by atoms with Crippen LogP contribution in [0.25, 0.3) is 0 Å². The van der Waals surface area contributed by atoms with Crippen molar-refractivity contribution in [2.24, 2.45) is 0 Å². The molecule has 3 rings (SSSR count). The second kappa shape index (κ2) is 3.83. The number of benzene rings is 1. The van der Waals surface area contributed by atoms with Crippen LogP contribution in [0.3, 0.4) is 0 Å². The average molecular weight is 245 g/mol. The molecule has 4 nitrogen and oxygen atoms in total. The second-order valence-corrected chi connectivity index (χ2v) is 5.15. The van der Waals surface area contributed by atoms with Gasteiger partial charge >= 0.3 is 5.97 Å². The van der Waals surface area contributed by atoms with Crippen LogP contribution in [0, 0.1) is 0 Å². The zero-order valence-corrected chi connectivity index (χ0v) is 10.0. The predicted octanol–water partition coefficient (Wildman–Crippen LogP) is 2.08. The number of fused-ring (bicyclic) bond motifs is 1. The maximum absolute atomic E-state index is 11.7. The molecule has 1 fully saturated rings. The topological polar surface area (TPSA) is 66.4 Å². The lowest BCUT2D eigenvalue weighted by atomic mass is 9.76. The summed E-state index contributed by atoms with van der Waals surface area (Å²) in [5, 5.41) is 12.4. The number of hydrogen-bond donors (Lipinski definition) is 2. The summed E-state index contributed by atoms with van der Waals surface area (Å²) in [4.78, 5) is 23.2. The molecule has 94 valence electrons. The molecule has 2 aliphatic rings. The van der Waals surface area contributed by atoms with Crippen molar-refractivity contribution in [3.05, 3.63) is 29.3 Å². The largest absolute Gasteiger partial charge is 0.481 e. The summed E-state index contributed by atoms with van der Waals surface area (Å²) in [6.45, 7) is 0. The first kappa shape index (κ1) is 11.3. The molecule has 1 aliphatic heterocycles. The molecule has 1 aliphatic carbocycles. The van der Waals surface area contributed by atoms with E-state index in [1.807, 2.05) is 18.2 Å². The molecule has 0 spiro atoms. The molecule has 1 saturated carbocycles. The number of carbonyl (C=O) groups is 2. The van der Waals surface area contributed by atoms with Gasteiger partial charge in [-0.3, -0.25) is 9.59 Å². The summed E-state index contributed by atoms with van der Waals surface area (Å²) in [5.74, 6) is -0.802. The number of carboxylic acid groups (broad SMARTS) is 1. The number of carbonyl (C=O) groups excluding carboxylic acids is 1. The van der Waals surface area contributed by atoms with Crippen LogP contribution < -0.4 is 5.32 Å². The van der Waals surface area contributed by atoms with Crippen molar-refractivity contribution >= 4 is 17.6 Å². The molecule has 1 aromatic carbocycles. The fourth-order valence-corrected chi connectivity index (χ4v) is 3.27. The van der Waals surface area contributed by atoms with E-state index in [0.717, 1.165) is 29.7 Å². The van der Waals surface area contributed by atoms with Crippen LogP contribution in [0.4, 0.5) is 5.69 Å². The molecular weight excluding hydrogens is 230 g/mol. The van der Waals surface area contributed by atoms with Gasteiger partial charge in [-0.2, -0.15) is 0 Å². The van der Waals surface area contributed by atoms with Crippen molar-refractivity contribution in [3.63, 3.8) is 0 Å². The third-order valence-corrected chi connectivity index (χ3v) is 4.17. The summed E-state index contributed by atoms with van der Waals surface area (Å²) in [5.41, 5.74) is 1.72. The Morgan fingerprint density at radius 2 is 2.00 bits per heavy atom. The minimum Gasteiger partial charge on any atom is -0.481 e. The first-order chi connectivity index (χ1) is 8.63. The van der Waals surface area contributed by atoms with Gasteiger partial charge < -0.3 is 10.4 Å². The van der Waals surface area contributed by atoms with Gasteiger partial charge in [0.25, 0.3) is 0 Å². The van der Waals surface area contributed by atoms with E-state index in [9.17, 15) is 14.7 Å². The normalized spacial score (nSPS) is 20.6. The Hall–Kier alpha value is -1.84. The molecule has 1 aromatic rings. The van der Waals surface area contributed by atoms with Gasteiger partial charge in [-0.1, -0.05) is 25.0 Å². The number of carboxylic acids is 1. The van der Waals surface area contributed by atoms with E-state index in [0.29, 0.717) is 19.3 Å². The number of anilines is 1. The summed E-state index contributed by atoms with van der Waals surface area (Å²) in [7, 11) is 0. The van der Waals surface area contributed by atoms with Gasteiger partial charge in [0.05, 0.1) is 11.8 Å². The fourth-order valence-electron chi connectivity index (χ4n) is 3.27. The predicted molar refractivity (Wildman–Crippen MR) is 66.6 cm³/mol.